The zero-order chi connectivity index (χ0) is 12.0. The lowest BCUT2D eigenvalue weighted by Gasteiger charge is -1.96. The van der Waals surface area contributed by atoms with Crippen molar-refractivity contribution < 1.29 is 9.59 Å². The summed E-state index contributed by atoms with van der Waals surface area (Å²) in [7, 11) is 0. The number of carbonyl (C=O) groups is 2. The number of ketones is 1. The van der Waals surface area contributed by atoms with Crippen LogP contribution in [0.15, 0.2) is 24.3 Å². The monoisotopic (exact) mass is 216 g/mol. The lowest BCUT2D eigenvalue weighted by molar-refractivity contribution is -0.117. The molecule has 0 unspecified atom stereocenters. The fourth-order valence-corrected chi connectivity index (χ4v) is 1.09. The fraction of sp³-hybridized carbons (Fsp3) is 0.167. The summed E-state index contributed by atoms with van der Waals surface area (Å²) in [5.41, 5.74) is 11.5. The Bertz CT molecular complexity index is 452. The van der Waals surface area contributed by atoms with Crippen molar-refractivity contribution in [2.45, 2.75) is 6.42 Å². The van der Waals surface area contributed by atoms with Crippen molar-refractivity contribution in [1.82, 2.24) is 0 Å². The Labute approximate surface area is 93.6 Å². The minimum atomic E-state index is -0.456. The summed E-state index contributed by atoms with van der Waals surface area (Å²) in [6, 6.07) is 6.72. The van der Waals surface area contributed by atoms with E-state index in [-0.39, 0.29) is 18.7 Å². The molecule has 1 rings (SSSR count). The minimum Gasteiger partial charge on any atom is -0.369 e. The van der Waals surface area contributed by atoms with Crippen molar-refractivity contribution in [2.75, 3.05) is 6.54 Å². The topological polar surface area (TPSA) is 86.2 Å². The van der Waals surface area contributed by atoms with Crippen molar-refractivity contribution in [2.24, 2.45) is 11.5 Å². The number of Topliss-reactive ketones (excluding diaryl/α,β-unsaturated/α-hetero) is 1. The van der Waals surface area contributed by atoms with Crippen LogP contribution in [0.2, 0.25) is 0 Å². The van der Waals surface area contributed by atoms with E-state index in [0.29, 0.717) is 5.56 Å². The quantitative estimate of drug-likeness (QED) is 0.553. The summed E-state index contributed by atoms with van der Waals surface area (Å²) in [6.45, 7) is -0.00724. The molecule has 0 heterocycles. The van der Waals surface area contributed by atoms with E-state index in [1.165, 1.54) is 0 Å². The highest BCUT2D eigenvalue weighted by Crippen LogP contribution is 2.03. The van der Waals surface area contributed by atoms with E-state index in [0.717, 1.165) is 5.56 Å². The first-order chi connectivity index (χ1) is 7.63. The van der Waals surface area contributed by atoms with Crippen LogP contribution in [0.3, 0.4) is 0 Å². The average molecular weight is 216 g/mol. The molecule has 4 N–H and O–H groups in total. The first-order valence-electron chi connectivity index (χ1n) is 4.74. The van der Waals surface area contributed by atoms with E-state index in [1.54, 1.807) is 24.3 Å². The Morgan fingerprint density at radius 2 is 1.81 bits per heavy atom. The highest BCUT2D eigenvalue weighted by Gasteiger charge is 2.01. The van der Waals surface area contributed by atoms with Gasteiger partial charge in [0, 0.05) is 11.1 Å². The molecule has 1 amide bonds. The maximum Gasteiger partial charge on any atom is 0.229 e. The van der Waals surface area contributed by atoms with Crippen LogP contribution in [0.25, 0.3) is 0 Å². The molecule has 0 fully saturated rings. The Morgan fingerprint density at radius 3 is 2.31 bits per heavy atom. The molecule has 0 aliphatic carbocycles. The van der Waals surface area contributed by atoms with E-state index in [9.17, 15) is 9.59 Å². The van der Waals surface area contributed by atoms with E-state index < -0.39 is 5.91 Å². The van der Waals surface area contributed by atoms with Gasteiger partial charge >= 0.3 is 0 Å². The van der Waals surface area contributed by atoms with Gasteiger partial charge in [0.1, 0.15) is 0 Å². The van der Waals surface area contributed by atoms with Crippen molar-refractivity contribution in [1.29, 1.82) is 0 Å². The first-order valence-corrected chi connectivity index (χ1v) is 4.74. The minimum absolute atomic E-state index is 0.00724. The maximum absolute atomic E-state index is 11.2. The molecular weight excluding hydrogens is 204 g/mol. The molecule has 0 aliphatic heterocycles. The molecule has 0 saturated heterocycles. The predicted octanol–water partition coefficient (Wildman–Crippen LogP) is 0.0549. The van der Waals surface area contributed by atoms with Crippen molar-refractivity contribution in [3.05, 3.63) is 35.4 Å². The lowest BCUT2D eigenvalue weighted by Crippen LogP contribution is -2.13. The molecule has 1 aromatic rings. The molecule has 0 aliphatic rings. The van der Waals surface area contributed by atoms with Gasteiger partial charge in [-0.15, -0.1) is 0 Å². The van der Waals surface area contributed by atoms with Gasteiger partial charge in [0.15, 0.2) is 5.78 Å². The Kier molecular flexibility index (Phi) is 4.25. The first kappa shape index (κ1) is 12.0. The molecule has 4 nitrogen and oxygen atoms in total. The summed E-state index contributed by atoms with van der Waals surface area (Å²) in [5.74, 6) is 4.83. The predicted molar refractivity (Wildman–Crippen MR) is 60.5 cm³/mol. The van der Waals surface area contributed by atoms with Crippen molar-refractivity contribution >= 4 is 11.7 Å². The molecule has 0 saturated carbocycles. The van der Waals surface area contributed by atoms with Gasteiger partial charge in [-0.1, -0.05) is 24.0 Å². The van der Waals surface area contributed by atoms with Gasteiger partial charge in [0.2, 0.25) is 5.91 Å². The van der Waals surface area contributed by atoms with Crippen LogP contribution in [0.5, 0.6) is 0 Å². The molecule has 4 heteroatoms. The second-order valence-corrected chi connectivity index (χ2v) is 3.15. The molecule has 0 radical (unpaired) electrons. The van der Waals surface area contributed by atoms with Crippen LogP contribution in [0.1, 0.15) is 22.3 Å². The second-order valence-electron chi connectivity index (χ2n) is 3.15. The van der Waals surface area contributed by atoms with Crippen LogP contribution >= 0.6 is 0 Å². The number of amides is 1. The third kappa shape index (κ3) is 3.56. The smallest absolute Gasteiger partial charge is 0.229 e. The average Bonchev–Trinajstić information content (AvgIpc) is 2.28. The van der Waals surface area contributed by atoms with Crippen molar-refractivity contribution in [3.8, 4) is 11.8 Å². The van der Waals surface area contributed by atoms with Gasteiger partial charge in [-0.3, -0.25) is 9.59 Å². The van der Waals surface area contributed by atoms with E-state index in [2.05, 4.69) is 11.8 Å². The van der Waals surface area contributed by atoms with Gasteiger partial charge in [0.25, 0.3) is 0 Å². The molecule has 0 atom stereocenters. The van der Waals surface area contributed by atoms with Gasteiger partial charge in [-0.05, 0) is 12.1 Å². The largest absolute Gasteiger partial charge is 0.369 e. The number of benzene rings is 1. The summed E-state index contributed by atoms with van der Waals surface area (Å²) >= 11 is 0. The van der Waals surface area contributed by atoms with E-state index in [1.807, 2.05) is 0 Å². The SMILES string of the molecule is NCC(=O)c1ccc(C#CCC(N)=O)cc1. The fourth-order valence-electron chi connectivity index (χ4n) is 1.09. The number of carbonyl (C=O) groups excluding carboxylic acids is 2. The van der Waals surface area contributed by atoms with Gasteiger partial charge in [-0.25, -0.2) is 0 Å². The molecule has 82 valence electrons. The van der Waals surface area contributed by atoms with Gasteiger partial charge in [-0.2, -0.15) is 0 Å². The maximum atomic E-state index is 11.2. The third-order valence-electron chi connectivity index (χ3n) is 1.89. The third-order valence-corrected chi connectivity index (χ3v) is 1.89. The number of hydrogen-bond donors (Lipinski definition) is 2. The number of rotatable bonds is 3. The van der Waals surface area contributed by atoms with Crippen LogP contribution in [-0.4, -0.2) is 18.2 Å². The lowest BCUT2D eigenvalue weighted by atomic mass is 10.1. The highest BCUT2D eigenvalue weighted by molar-refractivity contribution is 5.97. The van der Waals surface area contributed by atoms with E-state index in [4.69, 9.17) is 11.5 Å². The number of nitrogens with two attached hydrogens (primary N) is 2. The summed E-state index contributed by atoms with van der Waals surface area (Å²) < 4.78 is 0. The molecule has 0 aromatic heterocycles. The summed E-state index contributed by atoms with van der Waals surface area (Å²) in [5, 5.41) is 0. The zero-order valence-electron chi connectivity index (χ0n) is 8.69. The molecule has 1 aromatic carbocycles. The molecular formula is C12H12N2O2. The van der Waals surface area contributed by atoms with Gasteiger partial charge < -0.3 is 11.5 Å². The molecule has 0 bridgehead atoms. The molecule has 0 spiro atoms. The Morgan fingerprint density at radius 1 is 1.19 bits per heavy atom. The van der Waals surface area contributed by atoms with E-state index >= 15 is 0 Å². The Balaban J connectivity index is 2.74. The van der Waals surface area contributed by atoms with Gasteiger partial charge in [0.05, 0.1) is 13.0 Å². The van der Waals surface area contributed by atoms with Crippen LogP contribution in [0.4, 0.5) is 0 Å². The highest BCUT2D eigenvalue weighted by atomic mass is 16.1. The Hall–Kier alpha value is -2.12. The summed E-state index contributed by atoms with van der Waals surface area (Å²) in [6.07, 6.45) is 0.0312. The standard InChI is InChI=1S/C12H12N2O2/c13-8-11(15)10-6-4-9(5-7-10)2-1-3-12(14)16/h4-7H,3,8,13H2,(H2,14,16). The normalized spacial score (nSPS) is 9.06. The molecule has 16 heavy (non-hydrogen) atoms. The van der Waals surface area contributed by atoms with Crippen LogP contribution < -0.4 is 11.5 Å². The number of primary amides is 1. The zero-order valence-corrected chi connectivity index (χ0v) is 8.69. The van der Waals surface area contributed by atoms with Crippen LogP contribution in [0, 0.1) is 11.8 Å². The second kappa shape index (κ2) is 5.69. The van der Waals surface area contributed by atoms with Crippen molar-refractivity contribution in [3.63, 3.8) is 0 Å². The van der Waals surface area contributed by atoms with Crippen LogP contribution in [-0.2, 0) is 4.79 Å². The summed E-state index contributed by atoms with van der Waals surface area (Å²) in [4.78, 5) is 21.6. The number of hydrogen-bond acceptors (Lipinski definition) is 3.